The third-order valence-electron chi connectivity index (χ3n) is 5.59. The van der Waals surface area contributed by atoms with Gasteiger partial charge in [-0.3, -0.25) is 20.2 Å². The van der Waals surface area contributed by atoms with Crippen LogP contribution in [0.1, 0.15) is 61.3 Å². The summed E-state index contributed by atoms with van der Waals surface area (Å²) in [5.74, 6) is -4.41. The topological polar surface area (TPSA) is 226 Å². The van der Waals surface area contributed by atoms with Crippen molar-refractivity contribution in [3.8, 4) is 0 Å². The van der Waals surface area contributed by atoms with Gasteiger partial charge in [0.1, 0.15) is 30.0 Å². The first kappa shape index (κ1) is 35.8. The molecule has 4 N–H and O–H groups in total. The molecule has 0 spiro atoms. The van der Waals surface area contributed by atoms with E-state index in [0.717, 1.165) is 13.2 Å². The van der Waals surface area contributed by atoms with Crippen LogP contribution in [0.2, 0.25) is 0 Å². The van der Waals surface area contributed by atoms with E-state index in [1.54, 1.807) is 41.5 Å². The number of hydrogen-bond acceptors (Lipinski definition) is 13. The highest BCUT2D eigenvalue weighted by molar-refractivity contribution is 6.01. The van der Waals surface area contributed by atoms with Crippen LogP contribution in [-0.4, -0.2) is 102 Å². The molecule has 17 heteroatoms. The average Bonchev–Trinajstić information content (AvgIpc) is 3.27. The summed E-state index contributed by atoms with van der Waals surface area (Å²) >= 11 is 0. The molecule has 0 aromatic carbocycles. The Morgan fingerprint density at radius 2 is 1.59 bits per heavy atom. The zero-order chi connectivity index (χ0) is 33.4. The predicted molar refractivity (Wildman–Crippen MR) is 149 cm³/mol. The number of alkyl carbamates (subject to hydrolysis) is 2. The number of carbonyl (C=O) groups excluding carboxylic acids is 5. The minimum Gasteiger partial charge on any atom is -0.480 e. The summed E-state index contributed by atoms with van der Waals surface area (Å²) in [5, 5.41) is 16.5. The zero-order valence-electron chi connectivity index (χ0n) is 25.9. The van der Waals surface area contributed by atoms with Crippen molar-refractivity contribution in [3.63, 3.8) is 0 Å². The van der Waals surface area contributed by atoms with Crippen LogP contribution in [0.5, 0.6) is 0 Å². The summed E-state index contributed by atoms with van der Waals surface area (Å²) in [5.41, 5.74) is -1.87. The molecule has 0 radical (unpaired) electrons. The summed E-state index contributed by atoms with van der Waals surface area (Å²) in [6, 6.07) is -2.55. The van der Waals surface area contributed by atoms with Gasteiger partial charge in [-0.1, -0.05) is 0 Å². The number of rotatable bonds is 8. The molecule has 44 heavy (non-hydrogen) atoms. The van der Waals surface area contributed by atoms with E-state index in [2.05, 4.69) is 20.9 Å². The Labute approximate surface area is 254 Å². The molecule has 246 valence electrons. The number of guanidine groups is 1. The molecule has 1 saturated heterocycles. The lowest BCUT2D eigenvalue weighted by molar-refractivity contribution is -0.170. The lowest BCUT2D eigenvalue weighted by Gasteiger charge is -2.40. The summed E-state index contributed by atoms with van der Waals surface area (Å²) in [4.78, 5) is 78.1. The van der Waals surface area contributed by atoms with Gasteiger partial charge < -0.3 is 38.8 Å². The lowest BCUT2D eigenvalue weighted by Crippen LogP contribution is -2.60. The monoisotopic (exact) mass is 628 g/mol. The first-order valence-corrected chi connectivity index (χ1v) is 13.6. The van der Waals surface area contributed by atoms with Crippen LogP contribution in [-0.2, 0) is 47.6 Å². The smallest absolute Gasteiger partial charge is 0.414 e. The van der Waals surface area contributed by atoms with Crippen LogP contribution < -0.4 is 16.0 Å². The summed E-state index contributed by atoms with van der Waals surface area (Å²) in [7, 11) is 1.08. The molecule has 2 heterocycles. The molecule has 0 unspecified atom stereocenters. The third kappa shape index (κ3) is 11.7. The van der Waals surface area contributed by atoms with E-state index in [1.165, 1.54) is 6.92 Å². The molecule has 1 fully saturated rings. The molecule has 17 nitrogen and oxygen atoms in total. The van der Waals surface area contributed by atoms with E-state index in [9.17, 15) is 33.9 Å². The Bertz CT molecular complexity index is 1150. The minimum absolute atomic E-state index is 0.000165. The van der Waals surface area contributed by atoms with Crippen molar-refractivity contribution >= 4 is 42.0 Å². The summed E-state index contributed by atoms with van der Waals surface area (Å²) in [6.07, 6.45) is -4.50. The molecule has 0 saturated carbocycles. The number of methoxy groups -OCH3 is 1. The van der Waals surface area contributed by atoms with Gasteiger partial charge in [-0.15, -0.1) is 0 Å². The Kier molecular flexibility index (Phi) is 12.1. The van der Waals surface area contributed by atoms with Gasteiger partial charge in [0.25, 0.3) is 0 Å². The maximum absolute atomic E-state index is 12.7. The van der Waals surface area contributed by atoms with E-state index in [4.69, 9.17) is 28.4 Å². The molecular formula is C27H40N4O13. The Morgan fingerprint density at radius 3 is 2.02 bits per heavy atom. The minimum atomic E-state index is -1.40. The second-order valence-electron chi connectivity index (χ2n) is 11.8. The van der Waals surface area contributed by atoms with Gasteiger partial charge in [0, 0.05) is 13.3 Å². The van der Waals surface area contributed by atoms with Gasteiger partial charge in [0.15, 0.2) is 6.10 Å². The number of esters is 2. The van der Waals surface area contributed by atoms with Crippen molar-refractivity contribution in [2.24, 2.45) is 4.99 Å². The number of amides is 3. The Balaban J connectivity index is 2.67. The molecule has 2 aliphatic rings. The number of carboxylic acids is 1. The molecule has 0 aromatic rings. The normalized spacial score (nSPS) is 22.2. The first-order chi connectivity index (χ1) is 20.3. The van der Waals surface area contributed by atoms with Crippen molar-refractivity contribution in [3.05, 3.63) is 11.8 Å². The number of cyclic esters (lactones) is 1. The molecule has 5 atom stereocenters. The number of aliphatic carboxylic acids is 1. The van der Waals surface area contributed by atoms with Crippen molar-refractivity contribution in [1.29, 1.82) is 0 Å². The van der Waals surface area contributed by atoms with Gasteiger partial charge in [0.2, 0.25) is 17.6 Å². The third-order valence-corrected chi connectivity index (χ3v) is 5.59. The van der Waals surface area contributed by atoms with Crippen molar-refractivity contribution in [2.75, 3.05) is 13.7 Å². The van der Waals surface area contributed by atoms with E-state index in [1.807, 2.05) is 0 Å². The van der Waals surface area contributed by atoms with Crippen LogP contribution >= 0.6 is 0 Å². The molecule has 0 bridgehead atoms. The SMILES string of the molecule is COC(=O)C1=C[C@H](N=C(NC(=O)OC(C)(C)C)NC(=O)OC(C)(C)C)[C@@H](NC(C)=O)[C@H]([C@H](OCC(=O)O)[C@H]2CCC(=O)O2)O1. The Morgan fingerprint density at radius 1 is 1.02 bits per heavy atom. The number of ether oxygens (including phenoxy) is 6. The van der Waals surface area contributed by atoms with Crippen LogP contribution in [0.4, 0.5) is 9.59 Å². The molecule has 0 aliphatic carbocycles. The van der Waals surface area contributed by atoms with Gasteiger partial charge in [-0.2, -0.15) is 0 Å². The average molecular weight is 629 g/mol. The quantitative estimate of drug-likeness (QED) is 0.127. The highest BCUT2D eigenvalue weighted by Crippen LogP contribution is 2.31. The lowest BCUT2D eigenvalue weighted by atomic mass is 9.91. The molecule has 3 amide bonds. The molecular weight excluding hydrogens is 588 g/mol. The largest absolute Gasteiger partial charge is 0.480 e. The molecule has 0 aromatic heterocycles. The summed E-state index contributed by atoms with van der Waals surface area (Å²) < 4.78 is 32.1. The standard InChI is InChI=1S/C27H40N4O13/c1-13(32)28-19-14(29-23(30-24(37)43-26(2,3)4)31-25(38)44-27(5,6)7)11-16(22(36)39-8)42-21(19)20(40-12-17(33)34)15-9-10-18(35)41-15/h11,14-15,19-21H,9-10,12H2,1-8H3,(H,28,32)(H,33,34)(H2,29,30,31,37,38)/t14-,15+,19+,20+,21+/m0/s1. The van der Waals surface area contributed by atoms with Crippen molar-refractivity contribution in [1.82, 2.24) is 16.0 Å². The fraction of sp³-hybridized carbons (Fsp3) is 0.667. The van der Waals surface area contributed by atoms with E-state index in [0.29, 0.717) is 0 Å². The number of carboxylic acid groups (broad SMARTS) is 1. The van der Waals surface area contributed by atoms with Crippen LogP contribution in [0, 0.1) is 0 Å². The van der Waals surface area contributed by atoms with Crippen LogP contribution in [0.3, 0.4) is 0 Å². The summed E-state index contributed by atoms with van der Waals surface area (Å²) in [6.45, 7) is 10.00. The van der Waals surface area contributed by atoms with Gasteiger partial charge >= 0.3 is 30.1 Å². The fourth-order valence-electron chi connectivity index (χ4n) is 4.13. The fourth-order valence-corrected chi connectivity index (χ4v) is 4.13. The zero-order valence-corrected chi connectivity index (χ0v) is 25.9. The number of nitrogens with zero attached hydrogens (tertiary/aromatic N) is 1. The predicted octanol–water partition coefficient (Wildman–Crippen LogP) is 0.896. The number of hydrogen-bond donors (Lipinski definition) is 4. The Hall–Kier alpha value is -4.41. The van der Waals surface area contributed by atoms with Gasteiger partial charge in [-0.05, 0) is 54.0 Å². The number of aliphatic imine (C=N–C) groups is 1. The maximum Gasteiger partial charge on any atom is 0.414 e. The van der Waals surface area contributed by atoms with Gasteiger partial charge in [0.05, 0.1) is 19.2 Å². The second kappa shape index (κ2) is 14.9. The second-order valence-corrected chi connectivity index (χ2v) is 11.8. The number of carbonyl (C=O) groups is 6. The number of nitrogens with one attached hydrogen (secondary N) is 3. The van der Waals surface area contributed by atoms with Crippen LogP contribution in [0.15, 0.2) is 16.8 Å². The highest BCUT2D eigenvalue weighted by Gasteiger charge is 2.48. The van der Waals surface area contributed by atoms with E-state index in [-0.39, 0.29) is 12.8 Å². The highest BCUT2D eigenvalue weighted by atomic mass is 16.6. The van der Waals surface area contributed by atoms with Gasteiger partial charge in [-0.25, -0.2) is 24.2 Å². The van der Waals surface area contributed by atoms with E-state index < -0.39 is 95.9 Å². The van der Waals surface area contributed by atoms with Crippen molar-refractivity contribution in [2.45, 2.75) is 103 Å². The molecule has 2 aliphatic heterocycles. The van der Waals surface area contributed by atoms with Crippen LogP contribution in [0.25, 0.3) is 0 Å². The maximum atomic E-state index is 12.7. The first-order valence-electron chi connectivity index (χ1n) is 13.6. The van der Waals surface area contributed by atoms with Crippen molar-refractivity contribution < 1.29 is 62.3 Å². The molecule has 2 rings (SSSR count). The van der Waals surface area contributed by atoms with E-state index >= 15 is 0 Å².